The molecule has 0 saturated carbocycles. The number of hydrogen-bond acceptors (Lipinski definition) is 7. The molecular formula is C15H43NO6Si2. The van der Waals surface area contributed by atoms with Crippen LogP contribution in [0.2, 0.25) is 26.2 Å². The second-order valence-corrected chi connectivity index (χ2v) is 14.3. The Balaban J connectivity index is -0.000000667. The van der Waals surface area contributed by atoms with E-state index >= 15 is 0 Å². The zero-order valence-electron chi connectivity index (χ0n) is 15.0. The third-order valence-electron chi connectivity index (χ3n) is 2.41. The average molecular weight is 390 g/mol. The maximum Gasteiger partial charge on any atom is 0.322 e. The van der Waals surface area contributed by atoms with Gasteiger partial charge in [0.15, 0.2) is 0 Å². The Bertz CT molecular complexity index is 265. The standard InChI is InChI=1S/C13H32O6Si2.2CH4.H3N/c1-13(2,11-16-9-7-14)18-21(5,6)19-20(3,4)12-17-10-8-15;;;/h14-15H,7-12H2,1-6H3;2*1H4;1H3. The number of rotatable bonds is 12. The summed E-state index contributed by atoms with van der Waals surface area (Å²) in [6, 6.07) is 0. The van der Waals surface area contributed by atoms with Crippen molar-refractivity contribution in [2.45, 2.75) is 60.5 Å². The van der Waals surface area contributed by atoms with Crippen LogP contribution in [-0.4, -0.2) is 72.0 Å². The molecule has 0 aliphatic rings. The summed E-state index contributed by atoms with van der Waals surface area (Å²) in [5.74, 6) is 0. The van der Waals surface area contributed by atoms with Crippen molar-refractivity contribution >= 4 is 16.9 Å². The monoisotopic (exact) mass is 389 g/mol. The fourth-order valence-electron chi connectivity index (χ4n) is 2.18. The van der Waals surface area contributed by atoms with E-state index in [1.165, 1.54) is 0 Å². The largest absolute Gasteiger partial charge is 0.434 e. The highest BCUT2D eigenvalue weighted by molar-refractivity contribution is 6.82. The summed E-state index contributed by atoms with van der Waals surface area (Å²) in [5.41, 5.74) is -0.457. The summed E-state index contributed by atoms with van der Waals surface area (Å²) >= 11 is 0. The Kier molecular flexibility index (Phi) is 19.0. The minimum absolute atomic E-state index is 0. The van der Waals surface area contributed by atoms with Crippen molar-refractivity contribution in [2.75, 3.05) is 39.3 Å². The average Bonchev–Trinajstić information content (AvgIpc) is 2.25. The van der Waals surface area contributed by atoms with Crippen LogP contribution < -0.4 is 6.15 Å². The molecule has 152 valence electrons. The van der Waals surface area contributed by atoms with Crippen LogP contribution in [0.15, 0.2) is 0 Å². The third-order valence-corrected chi connectivity index (χ3v) is 8.53. The zero-order valence-corrected chi connectivity index (χ0v) is 17.0. The third kappa shape index (κ3) is 17.0. The summed E-state index contributed by atoms with van der Waals surface area (Å²) in [7, 11) is -4.31. The van der Waals surface area contributed by atoms with E-state index in [9.17, 15) is 0 Å². The van der Waals surface area contributed by atoms with Gasteiger partial charge in [-0.1, -0.05) is 14.9 Å². The number of ether oxygens (including phenoxy) is 2. The molecule has 0 amide bonds. The molecule has 0 bridgehead atoms. The highest BCUT2D eigenvalue weighted by atomic mass is 28.4. The molecule has 7 nitrogen and oxygen atoms in total. The molecule has 0 aromatic rings. The van der Waals surface area contributed by atoms with Crippen molar-refractivity contribution in [3.8, 4) is 0 Å². The lowest BCUT2D eigenvalue weighted by molar-refractivity contribution is -0.0273. The van der Waals surface area contributed by atoms with E-state index < -0.39 is 22.5 Å². The van der Waals surface area contributed by atoms with Crippen molar-refractivity contribution in [3.05, 3.63) is 0 Å². The summed E-state index contributed by atoms with van der Waals surface area (Å²) in [4.78, 5) is 0. The smallest absolute Gasteiger partial charge is 0.322 e. The Labute approximate surface area is 151 Å². The molecule has 0 unspecified atom stereocenters. The number of hydrogen-bond donors (Lipinski definition) is 3. The van der Waals surface area contributed by atoms with Gasteiger partial charge in [-0.2, -0.15) is 0 Å². The Hall–Kier alpha value is 0.154. The molecule has 0 aromatic carbocycles. The molecule has 0 aromatic heterocycles. The fourth-order valence-corrected chi connectivity index (χ4v) is 9.93. The molecule has 0 atom stereocenters. The van der Waals surface area contributed by atoms with Crippen molar-refractivity contribution < 1.29 is 28.2 Å². The normalized spacial score (nSPS) is 12.0. The summed E-state index contributed by atoms with van der Waals surface area (Å²) in [6.45, 7) is 13.2. The van der Waals surface area contributed by atoms with Gasteiger partial charge in [-0.15, -0.1) is 0 Å². The van der Waals surface area contributed by atoms with Crippen LogP contribution in [0.5, 0.6) is 0 Å². The first kappa shape index (κ1) is 31.9. The van der Waals surface area contributed by atoms with Gasteiger partial charge in [0.25, 0.3) is 0 Å². The highest BCUT2D eigenvalue weighted by Crippen LogP contribution is 2.22. The number of aliphatic hydroxyl groups is 2. The van der Waals surface area contributed by atoms with Crippen LogP contribution in [0.25, 0.3) is 0 Å². The molecule has 0 spiro atoms. The second-order valence-electron chi connectivity index (χ2n) is 6.68. The minimum atomic E-state index is -2.32. The van der Waals surface area contributed by atoms with E-state index in [0.717, 1.165) is 0 Å². The quantitative estimate of drug-likeness (QED) is 0.347. The molecule has 24 heavy (non-hydrogen) atoms. The first-order valence-electron chi connectivity index (χ1n) is 7.31. The van der Waals surface area contributed by atoms with E-state index in [1.807, 2.05) is 26.9 Å². The Morgan fingerprint density at radius 2 is 1.33 bits per heavy atom. The molecule has 0 saturated heterocycles. The van der Waals surface area contributed by atoms with Gasteiger partial charge in [-0.05, 0) is 40.0 Å². The van der Waals surface area contributed by atoms with Crippen LogP contribution in [0.4, 0.5) is 0 Å². The van der Waals surface area contributed by atoms with Gasteiger partial charge in [0.1, 0.15) is 0 Å². The van der Waals surface area contributed by atoms with Gasteiger partial charge >= 0.3 is 8.56 Å². The first-order valence-corrected chi connectivity index (χ1v) is 13.2. The molecule has 0 aliphatic heterocycles. The minimum Gasteiger partial charge on any atom is -0.434 e. The van der Waals surface area contributed by atoms with Crippen LogP contribution in [0, 0.1) is 0 Å². The maximum absolute atomic E-state index is 8.75. The Morgan fingerprint density at radius 3 is 1.79 bits per heavy atom. The van der Waals surface area contributed by atoms with Gasteiger partial charge in [0.2, 0.25) is 8.32 Å². The predicted octanol–water partition coefficient (Wildman–Crippen LogP) is 2.70. The lowest BCUT2D eigenvalue weighted by Crippen LogP contribution is -2.53. The van der Waals surface area contributed by atoms with Crippen LogP contribution in [0.3, 0.4) is 0 Å². The molecule has 0 aliphatic carbocycles. The zero-order chi connectivity index (χ0) is 16.6. The van der Waals surface area contributed by atoms with Crippen molar-refractivity contribution in [2.24, 2.45) is 0 Å². The molecule has 0 rings (SSSR count). The molecule has 0 fully saturated rings. The van der Waals surface area contributed by atoms with E-state index in [4.69, 9.17) is 28.2 Å². The van der Waals surface area contributed by atoms with E-state index in [-0.39, 0.29) is 34.2 Å². The SMILES string of the molecule is C.C.CC(C)(COCCO)O[Si](C)(C)O[Si](C)(C)COCCO.N. The van der Waals surface area contributed by atoms with Crippen LogP contribution >= 0.6 is 0 Å². The molecule has 0 heterocycles. The molecular weight excluding hydrogens is 346 g/mol. The van der Waals surface area contributed by atoms with Gasteiger partial charge in [0.05, 0.1) is 44.9 Å². The molecule has 0 radical (unpaired) electrons. The molecule has 9 heteroatoms. The summed E-state index contributed by atoms with van der Waals surface area (Å²) in [6.07, 6.45) is 0.536. The lowest BCUT2D eigenvalue weighted by Gasteiger charge is -2.38. The van der Waals surface area contributed by atoms with Crippen molar-refractivity contribution in [1.82, 2.24) is 6.15 Å². The molecule has 5 N–H and O–H groups in total. The lowest BCUT2D eigenvalue weighted by atomic mass is 10.2. The first-order chi connectivity index (χ1) is 9.54. The van der Waals surface area contributed by atoms with E-state index in [1.54, 1.807) is 0 Å². The van der Waals surface area contributed by atoms with Crippen LogP contribution in [0.1, 0.15) is 28.7 Å². The second kappa shape index (κ2) is 14.3. The maximum atomic E-state index is 8.75. The van der Waals surface area contributed by atoms with Gasteiger partial charge in [-0.3, -0.25) is 0 Å². The predicted molar refractivity (Wildman–Crippen MR) is 106 cm³/mol. The Morgan fingerprint density at radius 1 is 0.875 bits per heavy atom. The summed E-state index contributed by atoms with van der Waals surface area (Å²) in [5, 5.41) is 17.5. The summed E-state index contributed by atoms with van der Waals surface area (Å²) < 4.78 is 23.2. The highest BCUT2D eigenvalue weighted by Gasteiger charge is 2.39. The van der Waals surface area contributed by atoms with Crippen LogP contribution in [-0.2, 0) is 18.0 Å². The van der Waals surface area contributed by atoms with Crippen molar-refractivity contribution in [3.63, 3.8) is 0 Å². The van der Waals surface area contributed by atoms with Gasteiger partial charge in [-0.25, -0.2) is 0 Å². The van der Waals surface area contributed by atoms with E-state index in [0.29, 0.717) is 26.1 Å². The number of aliphatic hydroxyl groups excluding tert-OH is 2. The van der Waals surface area contributed by atoms with Crippen molar-refractivity contribution in [1.29, 1.82) is 0 Å². The van der Waals surface area contributed by atoms with Gasteiger partial charge < -0.3 is 34.4 Å². The topological polar surface area (TPSA) is 112 Å². The van der Waals surface area contributed by atoms with Gasteiger partial charge in [0, 0.05) is 0 Å². The van der Waals surface area contributed by atoms with E-state index in [2.05, 4.69) is 13.1 Å². The fraction of sp³-hybridized carbons (Fsp3) is 1.00.